The van der Waals surface area contributed by atoms with Gasteiger partial charge in [-0.2, -0.15) is 5.10 Å². The number of fused-ring (bicyclic) bond motifs is 1. The molecule has 4 rings (SSSR count). The molecule has 0 spiro atoms. The Bertz CT molecular complexity index is 1250. The van der Waals surface area contributed by atoms with Crippen LogP contribution in [0.15, 0.2) is 70.2 Å². The number of methoxy groups -OCH3 is 1. The second kappa shape index (κ2) is 11.4. The number of ether oxygens (including phenoxy) is 4. The first-order valence-electron chi connectivity index (χ1n) is 10.6. The summed E-state index contributed by atoms with van der Waals surface area (Å²) in [5.41, 5.74) is 4.46. The maximum absolute atomic E-state index is 12.3. The van der Waals surface area contributed by atoms with Gasteiger partial charge in [0.05, 0.1) is 19.9 Å². The van der Waals surface area contributed by atoms with E-state index in [9.17, 15) is 9.59 Å². The quantitative estimate of drug-likeness (QED) is 0.317. The summed E-state index contributed by atoms with van der Waals surface area (Å²) in [5.74, 6) is 1.31. The Kier molecular flexibility index (Phi) is 7.84. The molecular weight excluding hydrogens is 518 g/mol. The first-order valence-corrected chi connectivity index (χ1v) is 11.4. The third-order valence-corrected chi connectivity index (χ3v) is 5.47. The molecule has 0 saturated heterocycles. The van der Waals surface area contributed by atoms with Crippen LogP contribution in [0.1, 0.15) is 21.5 Å². The summed E-state index contributed by atoms with van der Waals surface area (Å²) in [4.78, 5) is 24.3. The van der Waals surface area contributed by atoms with E-state index in [1.807, 2.05) is 24.3 Å². The van der Waals surface area contributed by atoms with E-state index < -0.39 is 11.8 Å². The summed E-state index contributed by atoms with van der Waals surface area (Å²) in [6.45, 7) is 0.274. The molecule has 1 heterocycles. The lowest BCUT2D eigenvalue weighted by Crippen LogP contribution is -2.34. The standard InChI is InChI=1S/C25H22BrN3O6/c1-32-22-10-17(4-8-20(22)33-14-16-2-6-19(26)7-3-16)12-28-29-24(30)13-27-25(31)18-5-9-21-23(11-18)35-15-34-21/h2-12H,13-15H2,1H3,(H,27,31)(H,29,30). The Morgan fingerprint density at radius 1 is 1.03 bits per heavy atom. The number of hydrazone groups is 1. The topological polar surface area (TPSA) is 107 Å². The average molecular weight is 540 g/mol. The van der Waals surface area contributed by atoms with Gasteiger partial charge in [-0.1, -0.05) is 28.1 Å². The first kappa shape index (κ1) is 24.1. The number of nitrogens with one attached hydrogen (secondary N) is 2. The highest BCUT2D eigenvalue weighted by Gasteiger charge is 2.16. The molecule has 0 saturated carbocycles. The Morgan fingerprint density at radius 2 is 1.83 bits per heavy atom. The van der Waals surface area contributed by atoms with Crippen LogP contribution in [-0.4, -0.2) is 38.5 Å². The molecule has 0 unspecified atom stereocenters. The molecule has 180 valence electrons. The van der Waals surface area contributed by atoms with Crippen molar-refractivity contribution in [1.29, 1.82) is 0 Å². The van der Waals surface area contributed by atoms with Gasteiger partial charge in [-0.15, -0.1) is 0 Å². The van der Waals surface area contributed by atoms with Crippen LogP contribution in [0.2, 0.25) is 0 Å². The zero-order chi connectivity index (χ0) is 24.6. The van der Waals surface area contributed by atoms with Gasteiger partial charge in [0.25, 0.3) is 11.8 Å². The summed E-state index contributed by atoms with van der Waals surface area (Å²) in [6.07, 6.45) is 1.47. The fraction of sp³-hybridized carbons (Fsp3) is 0.160. The van der Waals surface area contributed by atoms with Gasteiger partial charge in [0.2, 0.25) is 6.79 Å². The number of nitrogens with zero attached hydrogens (tertiary/aromatic N) is 1. The van der Waals surface area contributed by atoms with E-state index in [1.165, 1.54) is 6.21 Å². The van der Waals surface area contributed by atoms with Crippen LogP contribution in [0.5, 0.6) is 23.0 Å². The van der Waals surface area contributed by atoms with Crippen LogP contribution in [0.4, 0.5) is 0 Å². The number of rotatable bonds is 9. The van der Waals surface area contributed by atoms with Gasteiger partial charge in [-0.3, -0.25) is 9.59 Å². The number of hydrogen-bond donors (Lipinski definition) is 2. The van der Waals surface area contributed by atoms with Crippen molar-refractivity contribution in [2.45, 2.75) is 6.61 Å². The van der Waals surface area contributed by atoms with Gasteiger partial charge < -0.3 is 24.3 Å². The average Bonchev–Trinajstić information content (AvgIpc) is 3.35. The van der Waals surface area contributed by atoms with Crippen molar-refractivity contribution in [1.82, 2.24) is 10.7 Å². The lowest BCUT2D eigenvalue weighted by atomic mass is 10.2. The van der Waals surface area contributed by atoms with E-state index in [0.717, 1.165) is 10.0 Å². The van der Waals surface area contributed by atoms with Crippen LogP contribution in [0.3, 0.4) is 0 Å². The molecule has 0 atom stereocenters. The van der Waals surface area contributed by atoms with Crippen molar-refractivity contribution in [2.24, 2.45) is 5.10 Å². The van der Waals surface area contributed by atoms with Gasteiger partial charge in [0.15, 0.2) is 23.0 Å². The van der Waals surface area contributed by atoms with Crippen molar-refractivity contribution in [3.63, 3.8) is 0 Å². The molecule has 0 aromatic heterocycles. The number of amides is 2. The normalized spacial score (nSPS) is 11.8. The van der Waals surface area contributed by atoms with Crippen molar-refractivity contribution in [3.8, 4) is 23.0 Å². The van der Waals surface area contributed by atoms with E-state index in [4.69, 9.17) is 18.9 Å². The summed E-state index contributed by atoms with van der Waals surface area (Å²) in [7, 11) is 1.55. The van der Waals surface area contributed by atoms with Crippen molar-refractivity contribution in [3.05, 3.63) is 81.8 Å². The largest absolute Gasteiger partial charge is 0.493 e. The molecular formula is C25H22BrN3O6. The van der Waals surface area contributed by atoms with E-state index in [0.29, 0.717) is 40.7 Å². The SMILES string of the molecule is COc1cc(C=NNC(=O)CNC(=O)c2ccc3c(c2)OCO3)ccc1OCc1ccc(Br)cc1. The molecule has 1 aliphatic heterocycles. The smallest absolute Gasteiger partial charge is 0.259 e. The molecule has 2 N–H and O–H groups in total. The van der Waals surface area contributed by atoms with Crippen molar-refractivity contribution < 1.29 is 28.5 Å². The van der Waals surface area contributed by atoms with Gasteiger partial charge >= 0.3 is 0 Å². The minimum atomic E-state index is -0.475. The number of benzene rings is 3. The molecule has 0 fully saturated rings. The summed E-state index contributed by atoms with van der Waals surface area (Å²) in [5, 5.41) is 6.47. The minimum Gasteiger partial charge on any atom is -0.493 e. The Hall–Kier alpha value is -4.05. The summed E-state index contributed by atoms with van der Waals surface area (Å²) in [6, 6.07) is 17.9. The van der Waals surface area contributed by atoms with Crippen LogP contribution in [-0.2, 0) is 11.4 Å². The monoisotopic (exact) mass is 539 g/mol. The lowest BCUT2D eigenvalue weighted by Gasteiger charge is -2.11. The highest BCUT2D eigenvalue weighted by molar-refractivity contribution is 9.10. The van der Waals surface area contributed by atoms with E-state index in [-0.39, 0.29) is 13.3 Å². The Balaban J connectivity index is 1.26. The summed E-state index contributed by atoms with van der Waals surface area (Å²) < 4.78 is 22.7. The van der Waals surface area contributed by atoms with Crippen molar-refractivity contribution >= 4 is 34.0 Å². The molecule has 0 bridgehead atoms. The highest BCUT2D eigenvalue weighted by atomic mass is 79.9. The Morgan fingerprint density at radius 3 is 2.63 bits per heavy atom. The molecule has 35 heavy (non-hydrogen) atoms. The molecule has 9 nitrogen and oxygen atoms in total. The van der Waals surface area contributed by atoms with Gasteiger partial charge in [-0.25, -0.2) is 5.43 Å². The molecule has 3 aromatic carbocycles. The zero-order valence-corrected chi connectivity index (χ0v) is 20.3. The van der Waals surface area contributed by atoms with Gasteiger partial charge in [0, 0.05) is 10.0 Å². The van der Waals surface area contributed by atoms with Crippen molar-refractivity contribution in [2.75, 3.05) is 20.4 Å². The van der Waals surface area contributed by atoms with Crippen LogP contribution < -0.4 is 29.7 Å². The third-order valence-electron chi connectivity index (χ3n) is 4.94. The zero-order valence-electron chi connectivity index (χ0n) is 18.7. The van der Waals surface area contributed by atoms with E-state index >= 15 is 0 Å². The molecule has 3 aromatic rings. The first-order chi connectivity index (χ1) is 17.0. The molecule has 1 aliphatic rings. The number of hydrogen-bond acceptors (Lipinski definition) is 7. The molecule has 2 amide bonds. The Labute approximate surface area is 210 Å². The van der Waals surface area contributed by atoms with Crippen LogP contribution in [0.25, 0.3) is 0 Å². The fourth-order valence-electron chi connectivity index (χ4n) is 3.14. The predicted molar refractivity (Wildman–Crippen MR) is 132 cm³/mol. The maximum atomic E-state index is 12.3. The van der Waals surface area contributed by atoms with Crippen LogP contribution >= 0.6 is 15.9 Å². The van der Waals surface area contributed by atoms with E-state index in [1.54, 1.807) is 43.5 Å². The second-order valence-corrected chi connectivity index (χ2v) is 8.29. The van der Waals surface area contributed by atoms with Gasteiger partial charge in [0.1, 0.15) is 6.61 Å². The predicted octanol–water partition coefficient (Wildman–Crippen LogP) is 3.65. The number of carbonyl (C=O) groups is 2. The minimum absolute atomic E-state index is 0.119. The fourth-order valence-corrected chi connectivity index (χ4v) is 3.41. The molecule has 10 heteroatoms. The lowest BCUT2D eigenvalue weighted by molar-refractivity contribution is -0.120. The van der Waals surface area contributed by atoms with Crippen LogP contribution in [0, 0.1) is 0 Å². The summed E-state index contributed by atoms with van der Waals surface area (Å²) >= 11 is 3.41. The number of halogens is 1. The molecule has 0 aliphatic carbocycles. The van der Waals surface area contributed by atoms with Gasteiger partial charge in [-0.05, 0) is 59.7 Å². The third kappa shape index (κ3) is 6.51. The highest BCUT2D eigenvalue weighted by Crippen LogP contribution is 2.32. The molecule has 0 radical (unpaired) electrons. The van der Waals surface area contributed by atoms with E-state index in [2.05, 4.69) is 31.8 Å². The number of carbonyl (C=O) groups excluding carboxylic acids is 2. The second-order valence-electron chi connectivity index (χ2n) is 7.37. The maximum Gasteiger partial charge on any atom is 0.259 e.